The molecule has 3 heterocycles. The van der Waals surface area contributed by atoms with Crippen LogP contribution in [0.5, 0.6) is 0 Å². The molecule has 13 heteroatoms. The predicted molar refractivity (Wildman–Crippen MR) is 115 cm³/mol. The zero-order valence-corrected chi connectivity index (χ0v) is 18.3. The molecule has 32 heavy (non-hydrogen) atoms. The summed E-state index contributed by atoms with van der Waals surface area (Å²) in [5, 5.41) is 15.4. The molecular weight excluding hydrogens is 472 g/mol. The minimum Gasteiger partial charge on any atom is -0.475 e. The van der Waals surface area contributed by atoms with Gasteiger partial charge in [0, 0.05) is 24.2 Å². The maximum Gasteiger partial charge on any atom is 0.490 e. The van der Waals surface area contributed by atoms with Gasteiger partial charge in [-0.15, -0.1) is 0 Å². The van der Waals surface area contributed by atoms with Crippen LogP contribution in [0.1, 0.15) is 19.8 Å². The molecule has 0 saturated carbocycles. The molecule has 0 bridgehead atoms. The van der Waals surface area contributed by atoms with Gasteiger partial charge in [-0.2, -0.15) is 18.3 Å². The van der Waals surface area contributed by atoms with E-state index in [2.05, 4.69) is 32.0 Å². The third-order valence-corrected chi connectivity index (χ3v) is 5.76. The molecule has 1 aromatic carbocycles. The number of H-pyrrole nitrogens is 1. The number of piperidine rings is 1. The van der Waals surface area contributed by atoms with Gasteiger partial charge in [-0.3, -0.25) is 5.10 Å². The molecule has 172 valence electrons. The van der Waals surface area contributed by atoms with E-state index < -0.39 is 12.1 Å². The smallest absolute Gasteiger partial charge is 0.475 e. The van der Waals surface area contributed by atoms with Crippen molar-refractivity contribution in [3.05, 3.63) is 34.4 Å². The van der Waals surface area contributed by atoms with E-state index >= 15 is 0 Å². The van der Waals surface area contributed by atoms with Gasteiger partial charge in [-0.25, -0.2) is 14.8 Å². The first kappa shape index (κ1) is 24.0. The van der Waals surface area contributed by atoms with E-state index in [0.29, 0.717) is 21.2 Å². The number of carboxylic acids is 1. The number of anilines is 1. The van der Waals surface area contributed by atoms with E-state index in [1.54, 1.807) is 12.3 Å². The molecule has 1 aliphatic heterocycles. The van der Waals surface area contributed by atoms with Crippen LogP contribution in [0.4, 0.5) is 19.0 Å². The second kappa shape index (κ2) is 9.08. The van der Waals surface area contributed by atoms with E-state index in [1.807, 2.05) is 12.1 Å². The highest BCUT2D eigenvalue weighted by Gasteiger charge is 2.38. The Labute approximate surface area is 190 Å². The van der Waals surface area contributed by atoms with Crippen LogP contribution in [0.2, 0.25) is 10.0 Å². The summed E-state index contributed by atoms with van der Waals surface area (Å²) in [5.41, 5.74) is 8.81. The maximum atomic E-state index is 10.6. The standard InChI is InChI=1S/C17H18Cl2N6.C2HF3O2/c1-17(20)5-7-25(8-6-17)12-9-21-15-14(23-24-16(15)22-12)10-3-2-4-11(18)13(10)19;3-2(4,5)1(6)7/h2-4,9H,5-8,20H2,1H3,(H,22,23,24);(H,6,7). The molecule has 4 N–H and O–H groups in total. The van der Waals surface area contributed by atoms with Crippen molar-refractivity contribution >= 4 is 46.2 Å². The maximum absolute atomic E-state index is 10.6. The van der Waals surface area contributed by atoms with Crippen molar-refractivity contribution in [2.75, 3.05) is 18.0 Å². The SMILES string of the molecule is CC1(N)CCN(c2cnc3c(-c4cccc(Cl)c4Cl)[nH]nc3n2)CC1.O=C(O)C(F)(F)F. The predicted octanol–water partition coefficient (Wildman–Crippen LogP) is 4.28. The Bertz CT molecular complexity index is 1130. The largest absolute Gasteiger partial charge is 0.490 e. The minimum atomic E-state index is -5.08. The first-order valence-corrected chi connectivity index (χ1v) is 10.1. The number of carbonyl (C=O) groups is 1. The molecule has 1 saturated heterocycles. The van der Waals surface area contributed by atoms with Crippen molar-refractivity contribution in [2.45, 2.75) is 31.5 Å². The Morgan fingerprint density at radius 1 is 1.28 bits per heavy atom. The Kier molecular flexibility index (Phi) is 6.82. The summed E-state index contributed by atoms with van der Waals surface area (Å²) in [7, 11) is 0. The molecule has 0 unspecified atom stereocenters. The highest BCUT2D eigenvalue weighted by molar-refractivity contribution is 6.43. The van der Waals surface area contributed by atoms with Crippen molar-refractivity contribution in [2.24, 2.45) is 5.73 Å². The number of halogens is 5. The van der Waals surface area contributed by atoms with Gasteiger partial charge >= 0.3 is 12.1 Å². The van der Waals surface area contributed by atoms with Gasteiger partial charge < -0.3 is 15.7 Å². The monoisotopic (exact) mass is 490 g/mol. The van der Waals surface area contributed by atoms with Crippen LogP contribution in [0.15, 0.2) is 24.4 Å². The van der Waals surface area contributed by atoms with Crippen molar-refractivity contribution in [1.29, 1.82) is 0 Å². The molecule has 0 aliphatic carbocycles. The molecule has 1 fully saturated rings. The quantitative estimate of drug-likeness (QED) is 0.490. The van der Waals surface area contributed by atoms with Gasteiger partial charge in [0.15, 0.2) is 0 Å². The lowest BCUT2D eigenvalue weighted by atomic mass is 9.91. The van der Waals surface area contributed by atoms with Crippen LogP contribution in [0, 0.1) is 0 Å². The van der Waals surface area contributed by atoms with E-state index in [4.69, 9.17) is 38.8 Å². The highest BCUT2D eigenvalue weighted by Crippen LogP contribution is 2.35. The number of benzene rings is 1. The van der Waals surface area contributed by atoms with Gasteiger partial charge in [-0.1, -0.05) is 35.3 Å². The van der Waals surface area contributed by atoms with Crippen molar-refractivity contribution < 1.29 is 23.1 Å². The molecule has 2 aromatic heterocycles. The molecule has 0 spiro atoms. The molecule has 0 amide bonds. The summed E-state index contributed by atoms with van der Waals surface area (Å²) in [5.74, 6) is -1.94. The number of aliphatic carboxylic acids is 1. The minimum absolute atomic E-state index is 0.100. The fourth-order valence-corrected chi connectivity index (χ4v) is 3.47. The average Bonchev–Trinajstić information content (AvgIpc) is 3.13. The summed E-state index contributed by atoms with van der Waals surface area (Å²) in [6.07, 6.45) is -1.45. The number of nitrogens with zero attached hydrogens (tertiary/aromatic N) is 4. The molecule has 0 radical (unpaired) electrons. The molecular formula is C19H19Cl2F3N6O2. The second-order valence-electron chi connectivity index (χ2n) is 7.54. The number of nitrogens with one attached hydrogen (secondary N) is 1. The number of hydrogen-bond acceptors (Lipinski definition) is 6. The van der Waals surface area contributed by atoms with Crippen LogP contribution >= 0.6 is 23.2 Å². The van der Waals surface area contributed by atoms with E-state index in [9.17, 15) is 13.2 Å². The Balaban J connectivity index is 0.000000360. The van der Waals surface area contributed by atoms with Gasteiger partial charge in [0.2, 0.25) is 5.65 Å². The third kappa shape index (κ3) is 5.40. The molecule has 8 nitrogen and oxygen atoms in total. The first-order valence-electron chi connectivity index (χ1n) is 9.38. The van der Waals surface area contributed by atoms with Crippen LogP contribution in [0.3, 0.4) is 0 Å². The van der Waals surface area contributed by atoms with Crippen molar-refractivity contribution in [1.82, 2.24) is 20.2 Å². The Morgan fingerprint density at radius 3 is 2.50 bits per heavy atom. The van der Waals surface area contributed by atoms with Crippen molar-refractivity contribution in [3.8, 4) is 11.3 Å². The molecule has 3 aromatic rings. The third-order valence-electron chi connectivity index (χ3n) is 4.94. The van der Waals surface area contributed by atoms with Crippen LogP contribution in [0.25, 0.3) is 22.4 Å². The second-order valence-corrected chi connectivity index (χ2v) is 8.33. The van der Waals surface area contributed by atoms with Crippen LogP contribution < -0.4 is 10.6 Å². The number of hydrogen-bond donors (Lipinski definition) is 3. The van der Waals surface area contributed by atoms with Gasteiger partial charge in [0.1, 0.15) is 11.3 Å². The van der Waals surface area contributed by atoms with Crippen LogP contribution in [-0.2, 0) is 4.79 Å². The lowest BCUT2D eigenvalue weighted by Gasteiger charge is -2.37. The van der Waals surface area contributed by atoms with Crippen LogP contribution in [-0.4, -0.2) is 56.0 Å². The van der Waals surface area contributed by atoms with Crippen molar-refractivity contribution in [3.63, 3.8) is 0 Å². The number of rotatable bonds is 2. The fraction of sp³-hybridized carbons (Fsp3) is 0.368. The molecule has 1 aliphatic rings. The summed E-state index contributed by atoms with van der Waals surface area (Å²) in [6, 6.07) is 5.47. The number of carboxylic acid groups (broad SMARTS) is 1. The van der Waals surface area contributed by atoms with Gasteiger partial charge in [-0.05, 0) is 25.8 Å². The number of aromatic nitrogens is 4. The Morgan fingerprint density at radius 2 is 1.91 bits per heavy atom. The van der Waals surface area contributed by atoms with E-state index in [0.717, 1.165) is 43.0 Å². The highest BCUT2D eigenvalue weighted by atomic mass is 35.5. The summed E-state index contributed by atoms with van der Waals surface area (Å²) < 4.78 is 31.7. The summed E-state index contributed by atoms with van der Waals surface area (Å²) in [6.45, 7) is 3.82. The lowest BCUT2D eigenvalue weighted by Crippen LogP contribution is -2.48. The topological polar surface area (TPSA) is 121 Å². The number of alkyl halides is 3. The van der Waals surface area contributed by atoms with E-state index in [-0.39, 0.29) is 5.54 Å². The normalized spacial score (nSPS) is 15.9. The van der Waals surface area contributed by atoms with Gasteiger partial charge in [0.25, 0.3) is 0 Å². The zero-order chi connectivity index (χ0) is 23.7. The van der Waals surface area contributed by atoms with Gasteiger partial charge in [0.05, 0.1) is 21.9 Å². The zero-order valence-electron chi connectivity index (χ0n) is 16.7. The Hall–Kier alpha value is -2.63. The number of nitrogens with two attached hydrogens (primary N) is 1. The number of aromatic amines is 1. The molecule has 4 rings (SSSR count). The lowest BCUT2D eigenvalue weighted by molar-refractivity contribution is -0.192. The average molecular weight is 491 g/mol. The van der Waals surface area contributed by atoms with E-state index in [1.165, 1.54) is 0 Å². The summed E-state index contributed by atoms with van der Waals surface area (Å²) >= 11 is 12.4. The fourth-order valence-electron chi connectivity index (χ4n) is 3.07. The molecule has 0 atom stereocenters. The first-order chi connectivity index (χ1) is 14.9. The summed E-state index contributed by atoms with van der Waals surface area (Å²) in [4.78, 5) is 20.3. The number of fused-ring (bicyclic) bond motifs is 1.